The first-order valence-corrected chi connectivity index (χ1v) is 16.3. The number of rotatable bonds is 10. The van der Waals surface area contributed by atoms with Gasteiger partial charge in [-0.3, -0.25) is 9.78 Å². The first-order chi connectivity index (χ1) is 21.6. The molecular weight excluding hydrogens is 625 g/mol. The second-order valence-electron chi connectivity index (χ2n) is 12.2. The van der Waals surface area contributed by atoms with Gasteiger partial charge in [-0.15, -0.1) is 0 Å². The van der Waals surface area contributed by atoms with Gasteiger partial charge in [0.25, 0.3) is 0 Å². The van der Waals surface area contributed by atoms with Crippen molar-refractivity contribution in [2.75, 3.05) is 13.2 Å². The molecule has 2 aromatic heterocycles. The largest absolute Gasteiger partial charge is 0.534 e. The van der Waals surface area contributed by atoms with Crippen LogP contribution in [0.15, 0.2) is 42.6 Å². The number of aryl methyl sites for hydroxylation is 1. The van der Waals surface area contributed by atoms with Crippen LogP contribution in [0.3, 0.4) is 0 Å². The molecule has 0 spiro atoms. The Morgan fingerprint density at radius 1 is 1.11 bits per heavy atom. The summed E-state index contributed by atoms with van der Waals surface area (Å²) in [6.07, 6.45) is 3.21. The highest BCUT2D eigenvalue weighted by Crippen LogP contribution is 2.43. The summed E-state index contributed by atoms with van der Waals surface area (Å²) >= 11 is 0. The Morgan fingerprint density at radius 3 is 2.57 bits per heavy atom. The van der Waals surface area contributed by atoms with E-state index >= 15 is 0 Å². The molecule has 0 bridgehead atoms. The molecule has 246 valence electrons. The topological polar surface area (TPSA) is 114 Å². The van der Waals surface area contributed by atoms with E-state index in [1.807, 2.05) is 25.1 Å². The smallest absolute Gasteiger partial charge is 0.493 e. The van der Waals surface area contributed by atoms with Crippen molar-refractivity contribution in [3.8, 4) is 22.8 Å². The molecule has 0 amide bonds. The number of carbonyl (C=O) groups is 1. The quantitative estimate of drug-likeness (QED) is 0.0573. The molecule has 9 nitrogen and oxygen atoms in total. The third kappa shape index (κ3) is 6.75. The highest BCUT2D eigenvalue weighted by Gasteiger charge is 2.49. The predicted molar refractivity (Wildman–Crippen MR) is 166 cm³/mol. The van der Waals surface area contributed by atoms with Crippen LogP contribution in [0.5, 0.6) is 11.6 Å². The average molecular weight is 661 g/mol. The van der Waals surface area contributed by atoms with E-state index in [0.717, 1.165) is 35.4 Å². The fourth-order valence-corrected chi connectivity index (χ4v) is 5.68. The second kappa shape index (κ2) is 12.7. The van der Waals surface area contributed by atoms with Crippen molar-refractivity contribution in [1.82, 2.24) is 9.97 Å². The molecule has 0 N–H and O–H groups in total. The first-order valence-electron chi connectivity index (χ1n) is 14.9. The van der Waals surface area contributed by atoms with E-state index in [-0.39, 0.29) is 11.9 Å². The van der Waals surface area contributed by atoms with Gasteiger partial charge in [0.15, 0.2) is 0 Å². The number of fused-ring (bicyclic) bond motifs is 1. The van der Waals surface area contributed by atoms with Crippen LogP contribution in [0, 0.1) is 12.3 Å². The lowest BCUT2D eigenvalue weighted by Gasteiger charge is -2.26. The number of benzene rings is 2. The van der Waals surface area contributed by atoms with E-state index in [2.05, 4.69) is 9.17 Å². The molecule has 5 rings (SSSR count). The second-order valence-corrected chi connectivity index (χ2v) is 13.7. The highest BCUT2D eigenvalue weighted by molar-refractivity contribution is 7.87. The summed E-state index contributed by atoms with van der Waals surface area (Å²) < 4.78 is 84.9. The molecule has 1 aliphatic rings. The average Bonchev–Trinajstić information content (AvgIpc) is 2.97. The van der Waals surface area contributed by atoms with Crippen LogP contribution >= 0.6 is 0 Å². The van der Waals surface area contributed by atoms with Crippen LogP contribution in [0.4, 0.5) is 13.2 Å². The van der Waals surface area contributed by atoms with Crippen LogP contribution in [0.2, 0.25) is 0 Å². The van der Waals surface area contributed by atoms with Gasteiger partial charge in [-0.2, -0.15) is 21.6 Å². The minimum Gasteiger partial charge on any atom is -0.493 e. The molecule has 0 radical (unpaired) electrons. The number of halogens is 3. The van der Waals surface area contributed by atoms with Gasteiger partial charge in [-0.05, 0) is 86.7 Å². The van der Waals surface area contributed by atoms with Crippen LogP contribution in [-0.2, 0) is 37.2 Å². The summed E-state index contributed by atoms with van der Waals surface area (Å²) in [7, 11) is -5.94. The van der Waals surface area contributed by atoms with Crippen molar-refractivity contribution in [2.45, 2.75) is 72.1 Å². The zero-order chi connectivity index (χ0) is 33.4. The van der Waals surface area contributed by atoms with Gasteiger partial charge in [0.1, 0.15) is 5.75 Å². The molecule has 4 aromatic rings. The molecule has 46 heavy (non-hydrogen) atoms. The number of ether oxygens (including phenoxy) is 3. The van der Waals surface area contributed by atoms with Gasteiger partial charge in [-0.1, -0.05) is 13.3 Å². The predicted octanol–water partition coefficient (Wildman–Crippen LogP) is 7.20. The number of unbranched alkanes of at least 4 members (excludes halogenated alkanes) is 1. The molecule has 1 aliphatic heterocycles. The number of nitrogens with zero attached hydrogens (tertiary/aromatic N) is 2. The standard InChI is InChI=1S/C33H35F3N2O7S/c1-6-7-15-43-27(44-31(39)32(3,4)5)18-23-19(2)17-24-21(9-11-26(38-24)45-46(40,41)33(34,35)36)29(23)22-8-10-25-28-20(13-16-42-25)12-14-37-30(22)28/h8-12,14,17,27H,6-7,13,15-16,18H2,1-5H3. The van der Waals surface area contributed by atoms with Gasteiger partial charge in [0, 0.05) is 41.4 Å². The maximum Gasteiger partial charge on any atom is 0.534 e. The summed E-state index contributed by atoms with van der Waals surface area (Å²) in [5.41, 5.74) is -1.83. The molecule has 0 fully saturated rings. The maximum absolute atomic E-state index is 13.1. The summed E-state index contributed by atoms with van der Waals surface area (Å²) in [4.78, 5) is 21.9. The van der Waals surface area contributed by atoms with Crippen LogP contribution in [0.1, 0.15) is 57.2 Å². The molecule has 0 saturated carbocycles. The Morgan fingerprint density at radius 2 is 1.87 bits per heavy atom. The van der Waals surface area contributed by atoms with E-state index < -0.39 is 39.2 Å². The molecule has 0 aliphatic carbocycles. The number of carbonyl (C=O) groups excluding carboxylic acids is 1. The van der Waals surface area contributed by atoms with Crippen molar-refractivity contribution in [3.05, 3.63) is 59.3 Å². The van der Waals surface area contributed by atoms with E-state index in [0.29, 0.717) is 53.0 Å². The third-order valence-corrected chi connectivity index (χ3v) is 8.60. The summed E-state index contributed by atoms with van der Waals surface area (Å²) in [6.45, 7) is 9.93. The molecule has 1 atom stereocenters. The van der Waals surface area contributed by atoms with E-state index in [4.69, 9.17) is 19.2 Å². The van der Waals surface area contributed by atoms with Crippen molar-refractivity contribution in [1.29, 1.82) is 0 Å². The van der Waals surface area contributed by atoms with Gasteiger partial charge in [0.2, 0.25) is 12.2 Å². The lowest BCUT2D eigenvalue weighted by atomic mass is 9.87. The Hall–Kier alpha value is -3.97. The lowest BCUT2D eigenvalue weighted by Crippen LogP contribution is -2.31. The third-order valence-electron chi connectivity index (χ3n) is 7.64. The van der Waals surface area contributed by atoms with Crippen LogP contribution in [0.25, 0.3) is 32.9 Å². The van der Waals surface area contributed by atoms with Gasteiger partial charge < -0.3 is 18.4 Å². The Kier molecular flexibility index (Phi) is 9.20. The van der Waals surface area contributed by atoms with Crippen LogP contribution in [-0.4, -0.2) is 49.4 Å². The van der Waals surface area contributed by atoms with Gasteiger partial charge in [0.05, 0.1) is 29.7 Å². The summed E-state index contributed by atoms with van der Waals surface area (Å²) in [5.74, 6) is -0.493. The minimum absolute atomic E-state index is 0.142. The fraction of sp³-hybridized carbons (Fsp3) is 0.424. The molecule has 3 heterocycles. The van der Waals surface area contributed by atoms with Crippen LogP contribution < -0.4 is 8.92 Å². The molecule has 13 heteroatoms. The molecule has 2 aromatic carbocycles. The number of hydrogen-bond acceptors (Lipinski definition) is 9. The normalized spacial score (nSPS) is 14.3. The van der Waals surface area contributed by atoms with E-state index in [1.54, 1.807) is 40.0 Å². The fourth-order valence-electron chi connectivity index (χ4n) is 5.27. The van der Waals surface area contributed by atoms with E-state index in [1.165, 1.54) is 6.07 Å². The summed E-state index contributed by atoms with van der Waals surface area (Å²) in [5, 5.41) is 1.33. The zero-order valence-electron chi connectivity index (χ0n) is 26.2. The van der Waals surface area contributed by atoms with Crippen molar-refractivity contribution in [2.24, 2.45) is 5.41 Å². The van der Waals surface area contributed by atoms with Crippen molar-refractivity contribution in [3.63, 3.8) is 0 Å². The molecule has 1 unspecified atom stereocenters. The number of hydrogen-bond donors (Lipinski definition) is 0. The summed E-state index contributed by atoms with van der Waals surface area (Å²) in [6, 6.07) is 9.78. The number of aromatic nitrogens is 2. The minimum atomic E-state index is -5.94. The molecule has 0 saturated heterocycles. The number of esters is 1. The lowest BCUT2D eigenvalue weighted by molar-refractivity contribution is -0.187. The number of alkyl halides is 3. The Labute approximate surface area is 265 Å². The zero-order valence-corrected chi connectivity index (χ0v) is 27.0. The SMILES string of the molecule is CCCCOC(Cc1c(C)cc2nc(OS(=O)(=O)C(F)(F)F)ccc2c1-c1ccc2c3c(ccnc13)CCO2)OC(=O)C(C)(C)C. The highest BCUT2D eigenvalue weighted by atomic mass is 32.2. The monoisotopic (exact) mass is 660 g/mol. The van der Waals surface area contributed by atoms with Crippen molar-refractivity contribution >= 4 is 37.9 Å². The van der Waals surface area contributed by atoms with Gasteiger partial charge >= 0.3 is 21.6 Å². The Bertz CT molecular complexity index is 1890. The van der Waals surface area contributed by atoms with E-state index in [9.17, 15) is 26.4 Å². The molecular formula is C33H35F3N2O7S. The maximum atomic E-state index is 13.1. The van der Waals surface area contributed by atoms with Gasteiger partial charge in [-0.25, -0.2) is 4.98 Å². The number of pyridine rings is 2. The Balaban J connectivity index is 1.72. The van der Waals surface area contributed by atoms with Crippen molar-refractivity contribution < 1.29 is 44.8 Å². The first kappa shape index (κ1) is 33.4.